The Bertz CT molecular complexity index is 892. The summed E-state index contributed by atoms with van der Waals surface area (Å²) < 4.78 is 38.9. The Morgan fingerprint density at radius 1 is 1.25 bits per heavy atom. The molecule has 32 heavy (non-hydrogen) atoms. The lowest BCUT2D eigenvalue weighted by Crippen LogP contribution is -2.48. The Kier molecular flexibility index (Phi) is 8.71. The largest absolute Gasteiger partial charge is 0.472 e. The van der Waals surface area contributed by atoms with Gasteiger partial charge in [-0.2, -0.15) is 5.10 Å². The zero-order chi connectivity index (χ0) is 23.8. The van der Waals surface area contributed by atoms with Crippen molar-refractivity contribution in [1.82, 2.24) is 21.0 Å². The van der Waals surface area contributed by atoms with Gasteiger partial charge in [-0.1, -0.05) is 31.2 Å². The number of alkyl halides is 2. The molecular weight excluding hydrogens is 422 g/mol. The Labute approximate surface area is 186 Å². The number of ether oxygens (including phenoxy) is 2. The van der Waals surface area contributed by atoms with Gasteiger partial charge >= 0.3 is 5.97 Å². The number of aromatic nitrogens is 2. The molecule has 2 atom stereocenters. The van der Waals surface area contributed by atoms with Crippen LogP contribution in [0.4, 0.5) is 8.78 Å². The number of nitrogens with zero attached hydrogens (tertiary/aromatic N) is 1. The summed E-state index contributed by atoms with van der Waals surface area (Å²) in [5.41, 5.74) is 5.21. The SMILES string of the molecule is CNNC(=O)C(C)(CCC(F)(F)COc1ccn[nH]1)c1cccc(C[C@@H](C)C(=O)OC)c1. The molecule has 1 aromatic carbocycles. The van der Waals surface area contributed by atoms with E-state index in [2.05, 4.69) is 21.0 Å². The highest BCUT2D eigenvalue weighted by molar-refractivity contribution is 5.87. The topological polar surface area (TPSA) is 105 Å². The van der Waals surface area contributed by atoms with E-state index in [1.54, 1.807) is 32.0 Å². The molecular formula is C22H30F2N4O4. The van der Waals surface area contributed by atoms with Gasteiger partial charge in [-0.05, 0) is 30.9 Å². The number of hydrogen-bond donors (Lipinski definition) is 3. The Morgan fingerprint density at radius 2 is 2.00 bits per heavy atom. The van der Waals surface area contributed by atoms with Crippen molar-refractivity contribution in [1.29, 1.82) is 0 Å². The maximum absolute atomic E-state index is 14.5. The van der Waals surface area contributed by atoms with Crippen LogP contribution in [0, 0.1) is 5.92 Å². The third-order valence-corrected chi connectivity index (χ3v) is 5.35. The number of hydrogen-bond acceptors (Lipinski definition) is 6. The molecule has 0 spiro atoms. The lowest BCUT2D eigenvalue weighted by molar-refractivity contribution is -0.144. The minimum atomic E-state index is -3.16. The van der Waals surface area contributed by atoms with Crippen molar-refractivity contribution in [3.63, 3.8) is 0 Å². The zero-order valence-electron chi connectivity index (χ0n) is 18.7. The summed E-state index contributed by atoms with van der Waals surface area (Å²) in [5.74, 6) is -4.18. The van der Waals surface area contributed by atoms with Crippen LogP contribution in [0.1, 0.15) is 37.8 Å². The van der Waals surface area contributed by atoms with Crippen molar-refractivity contribution in [2.45, 2.75) is 44.4 Å². The van der Waals surface area contributed by atoms with Gasteiger partial charge in [0.1, 0.15) is 0 Å². The first-order chi connectivity index (χ1) is 15.1. The maximum Gasteiger partial charge on any atom is 0.308 e. The fourth-order valence-corrected chi connectivity index (χ4v) is 3.33. The van der Waals surface area contributed by atoms with Gasteiger partial charge in [-0.25, -0.2) is 19.3 Å². The van der Waals surface area contributed by atoms with Crippen molar-refractivity contribution in [3.8, 4) is 5.88 Å². The van der Waals surface area contributed by atoms with Gasteiger partial charge in [0.2, 0.25) is 11.8 Å². The molecule has 0 aliphatic carbocycles. The first-order valence-electron chi connectivity index (χ1n) is 10.3. The van der Waals surface area contributed by atoms with Gasteiger partial charge in [-0.3, -0.25) is 15.0 Å². The zero-order valence-corrected chi connectivity index (χ0v) is 18.7. The number of esters is 1. The molecule has 0 aliphatic rings. The number of carbonyl (C=O) groups excluding carboxylic acids is 2. The first kappa shape index (κ1) is 25.3. The molecule has 3 N–H and O–H groups in total. The number of hydrazine groups is 1. The molecule has 0 radical (unpaired) electrons. The van der Waals surface area contributed by atoms with Crippen LogP contribution in [0.3, 0.4) is 0 Å². The van der Waals surface area contributed by atoms with E-state index in [1.807, 2.05) is 6.07 Å². The molecule has 0 fully saturated rings. The summed E-state index contributed by atoms with van der Waals surface area (Å²) in [6.45, 7) is 2.52. The van der Waals surface area contributed by atoms with E-state index in [1.165, 1.54) is 26.4 Å². The number of nitrogens with one attached hydrogen (secondary N) is 3. The fraction of sp³-hybridized carbons (Fsp3) is 0.500. The Hall–Kier alpha value is -3.01. The summed E-state index contributed by atoms with van der Waals surface area (Å²) in [5, 5.41) is 6.12. The highest BCUT2D eigenvalue weighted by Gasteiger charge is 2.40. The molecule has 0 bridgehead atoms. The van der Waals surface area contributed by atoms with Gasteiger partial charge in [-0.15, -0.1) is 0 Å². The summed E-state index contributed by atoms with van der Waals surface area (Å²) in [4.78, 5) is 24.6. The fourth-order valence-electron chi connectivity index (χ4n) is 3.33. The third-order valence-electron chi connectivity index (χ3n) is 5.35. The lowest BCUT2D eigenvalue weighted by Gasteiger charge is -2.31. The molecule has 1 amide bonds. The van der Waals surface area contributed by atoms with Crippen molar-refractivity contribution in [2.75, 3.05) is 20.8 Å². The van der Waals surface area contributed by atoms with Crippen LogP contribution in [0.2, 0.25) is 0 Å². The number of carbonyl (C=O) groups is 2. The van der Waals surface area contributed by atoms with Crippen LogP contribution in [0.25, 0.3) is 0 Å². The smallest absolute Gasteiger partial charge is 0.308 e. The molecule has 2 aromatic rings. The third kappa shape index (κ3) is 6.74. The van der Waals surface area contributed by atoms with E-state index >= 15 is 0 Å². The lowest BCUT2D eigenvalue weighted by atomic mass is 9.76. The number of methoxy groups -OCH3 is 1. The predicted octanol–water partition coefficient (Wildman–Crippen LogP) is 2.76. The summed E-state index contributed by atoms with van der Waals surface area (Å²) in [6.07, 6.45) is 1.10. The van der Waals surface area contributed by atoms with E-state index in [0.717, 1.165) is 5.56 Å². The van der Waals surface area contributed by atoms with E-state index in [4.69, 9.17) is 9.47 Å². The molecule has 2 rings (SSSR count). The maximum atomic E-state index is 14.5. The molecule has 176 valence electrons. The molecule has 10 heteroatoms. The second-order valence-corrected chi connectivity index (χ2v) is 7.93. The van der Waals surface area contributed by atoms with Gasteiger partial charge in [0.25, 0.3) is 5.92 Å². The van der Waals surface area contributed by atoms with E-state index in [-0.39, 0.29) is 24.2 Å². The van der Waals surface area contributed by atoms with Crippen LogP contribution >= 0.6 is 0 Å². The quantitative estimate of drug-likeness (QED) is 0.338. The number of halogens is 2. The van der Waals surface area contributed by atoms with Crippen molar-refractivity contribution >= 4 is 11.9 Å². The number of benzene rings is 1. The molecule has 1 aromatic heterocycles. The second kappa shape index (κ2) is 11.0. The molecule has 0 saturated carbocycles. The highest BCUT2D eigenvalue weighted by Crippen LogP contribution is 2.34. The average Bonchev–Trinajstić information content (AvgIpc) is 3.30. The van der Waals surface area contributed by atoms with Gasteiger partial charge in [0.15, 0.2) is 6.61 Å². The van der Waals surface area contributed by atoms with Crippen LogP contribution in [-0.2, 0) is 26.2 Å². The van der Waals surface area contributed by atoms with Crippen LogP contribution in [0.15, 0.2) is 36.5 Å². The van der Waals surface area contributed by atoms with Gasteiger partial charge in [0, 0.05) is 19.5 Å². The predicted molar refractivity (Wildman–Crippen MR) is 114 cm³/mol. The minimum Gasteiger partial charge on any atom is -0.472 e. The molecule has 1 heterocycles. The number of aromatic amines is 1. The van der Waals surface area contributed by atoms with Gasteiger partial charge in [0.05, 0.1) is 24.6 Å². The average molecular weight is 453 g/mol. The summed E-state index contributed by atoms with van der Waals surface area (Å²) in [7, 11) is 2.85. The molecule has 1 unspecified atom stereocenters. The number of amides is 1. The molecule has 8 nitrogen and oxygen atoms in total. The van der Waals surface area contributed by atoms with Crippen LogP contribution < -0.4 is 15.6 Å². The normalized spacial score (nSPS) is 14.3. The van der Waals surface area contributed by atoms with E-state index in [9.17, 15) is 18.4 Å². The molecule has 0 saturated heterocycles. The summed E-state index contributed by atoms with van der Waals surface area (Å²) >= 11 is 0. The minimum absolute atomic E-state index is 0.129. The standard InChI is InChI=1S/C22H30F2N4O4/c1-15(19(29)31-4)12-16-6-5-7-17(13-16)21(2,20(30)28-25-3)9-10-22(23,24)14-32-18-8-11-26-27-18/h5-8,11,13,15,25H,9-10,12,14H2,1-4H3,(H,26,27)(H,28,30)/t15-,21?/m1/s1. The Morgan fingerprint density at radius 3 is 2.62 bits per heavy atom. The van der Waals surface area contributed by atoms with Crippen molar-refractivity contribution in [2.24, 2.45) is 5.92 Å². The van der Waals surface area contributed by atoms with Crippen molar-refractivity contribution in [3.05, 3.63) is 47.7 Å². The van der Waals surface area contributed by atoms with Crippen LogP contribution in [0.5, 0.6) is 5.88 Å². The number of rotatable bonds is 12. The first-order valence-corrected chi connectivity index (χ1v) is 10.3. The summed E-state index contributed by atoms with van der Waals surface area (Å²) in [6, 6.07) is 8.52. The van der Waals surface area contributed by atoms with Crippen LogP contribution in [-0.4, -0.2) is 48.8 Å². The van der Waals surface area contributed by atoms with Crippen molar-refractivity contribution < 1.29 is 27.8 Å². The highest BCUT2D eigenvalue weighted by atomic mass is 19.3. The monoisotopic (exact) mass is 452 g/mol. The second-order valence-electron chi connectivity index (χ2n) is 7.93. The number of H-pyrrole nitrogens is 1. The molecule has 0 aliphatic heterocycles. The van der Waals surface area contributed by atoms with E-state index < -0.39 is 30.3 Å². The van der Waals surface area contributed by atoms with E-state index in [0.29, 0.717) is 12.0 Å². The van der Waals surface area contributed by atoms with Gasteiger partial charge < -0.3 is 9.47 Å². The Balaban J connectivity index is 2.19.